The Labute approximate surface area is 100 Å². The summed E-state index contributed by atoms with van der Waals surface area (Å²) in [6.45, 7) is 1.57. The van der Waals surface area contributed by atoms with Gasteiger partial charge >= 0.3 is 0 Å². The molecule has 94 valence electrons. The minimum Gasteiger partial charge on any atom is -0.496 e. The van der Waals surface area contributed by atoms with Gasteiger partial charge in [0.2, 0.25) is 0 Å². The average molecular weight is 239 g/mol. The van der Waals surface area contributed by atoms with Crippen molar-refractivity contribution in [2.45, 2.75) is 0 Å². The van der Waals surface area contributed by atoms with E-state index in [1.165, 1.54) is 19.2 Å². The molecule has 6 heteroatoms. The Morgan fingerprint density at radius 1 is 1.47 bits per heavy atom. The van der Waals surface area contributed by atoms with Crippen LogP contribution in [0.3, 0.4) is 0 Å². The van der Waals surface area contributed by atoms with E-state index >= 15 is 0 Å². The molecule has 0 unspecified atom stereocenters. The second kappa shape index (κ2) is 6.05. The smallest absolute Gasteiger partial charge is 0.275 e. The van der Waals surface area contributed by atoms with Crippen molar-refractivity contribution < 1.29 is 9.66 Å². The van der Waals surface area contributed by atoms with E-state index < -0.39 is 4.92 Å². The lowest BCUT2D eigenvalue weighted by Crippen LogP contribution is -2.27. The number of methoxy groups -OCH3 is 1. The number of nitrogens with zero attached hydrogens (tertiary/aromatic N) is 2. The third-order valence-electron chi connectivity index (χ3n) is 2.46. The zero-order valence-corrected chi connectivity index (χ0v) is 10.3. The first kappa shape index (κ1) is 13.2. The van der Waals surface area contributed by atoms with Crippen LogP contribution in [0.5, 0.6) is 5.75 Å². The molecule has 1 rings (SSSR count). The van der Waals surface area contributed by atoms with Crippen molar-refractivity contribution >= 4 is 11.4 Å². The summed E-state index contributed by atoms with van der Waals surface area (Å²) in [4.78, 5) is 12.3. The van der Waals surface area contributed by atoms with Gasteiger partial charge in [-0.1, -0.05) is 0 Å². The number of nitro benzene ring substituents is 1. The Bertz CT molecular complexity index is 396. The highest BCUT2D eigenvalue weighted by atomic mass is 16.6. The van der Waals surface area contributed by atoms with Gasteiger partial charge in [-0.05, 0) is 7.05 Å². The highest BCUT2D eigenvalue weighted by Gasteiger charge is 2.12. The van der Waals surface area contributed by atoms with Gasteiger partial charge in [0.25, 0.3) is 5.69 Å². The minimum atomic E-state index is -0.419. The standard InChI is InChI=1S/C11H17N3O3/c1-12-4-5-13(2)9-6-10(14(15)16)8-11(7-9)17-3/h6-8,12H,4-5H2,1-3H3. The molecule has 0 radical (unpaired) electrons. The Hall–Kier alpha value is -1.82. The predicted octanol–water partition coefficient (Wildman–Crippen LogP) is 1.26. The van der Waals surface area contributed by atoms with E-state index in [1.807, 2.05) is 19.0 Å². The molecule has 0 fully saturated rings. The van der Waals surface area contributed by atoms with Gasteiger partial charge in [-0.15, -0.1) is 0 Å². The monoisotopic (exact) mass is 239 g/mol. The summed E-state index contributed by atoms with van der Waals surface area (Å²) in [7, 11) is 5.24. The summed E-state index contributed by atoms with van der Waals surface area (Å²) >= 11 is 0. The second-order valence-corrected chi connectivity index (χ2v) is 3.67. The first-order valence-electron chi connectivity index (χ1n) is 5.27. The van der Waals surface area contributed by atoms with Crippen LogP contribution in [0, 0.1) is 10.1 Å². The average Bonchev–Trinajstić information content (AvgIpc) is 2.35. The lowest BCUT2D eigenvalue weighted by molar-refractivity contribution is -0.384. The number of likely N-dealkylation sites (N-methyl/N-ethyl adjacent to an activating group) is 2. The molecule has 0 heterocycles. The molecule has 0 atom stereocenters. The van der Waals surface area contributed by atoms with Crippen molar-refractivity contribution in [3.05, 3.63) is 28.3 Å². The number of rotatable bonds is 6. The largest absolute Gasteiger partial charge is 0.496 e. The normalized spacial score (nSPS) is 10.1. The van der Waals surface area contributed by atoms with Crippen molar-refractivity contribution in [3.8, 4) is 5.75 Å². The number of anilines is 1. The Balaban J connectivity index is 2.97. The van der Waals surface area contributed by atoms with Gasteiger partial charge in [0.1, 0.15) is 5.75 Å². The molecule has 0 amide bonds. The zero-order chi connectivity index (χ0) is 12.8. The minimum absolute atomic E-state index is 0.0376. The van der Waals surface area contributed by atoms with Crippen molar-refractivity contribution in [1.29, 1.82) is 0 Å². The maximum Gasteiger partial charge on any atom is 0.275 e. The first-order valence-corrected chi connectivity index (χ1v) is 5.27. The van der Waals surface area contributed by atoms with E-state index in [-0.39, 0.29) is 5.69 Å². The van der Waals surface area contributed by atoms with Crippen LogP contribution in [-0.2, 0) is 0 Å². The predicted molar refractivity (Wildman–Crippen MR) is 66.8 cm³/mol. The van der Waals surface area contributed by atoms with E-state index in [9.17, 15) is 10.1 Å². The summed E-state index contributed by atoms with van der Waals surface area (Å²) in [5, 5.41) is 13.8. The fourth-order valence-corrected chi connectivity index (χ4v) is 1.42. The lowest BCUT2D eigenvalue weighted by Gasteiger charge is -2.19. The molecule has 0 bridgehead atoms. The van der Waals surface area contributed by atoms with Crippen LogP contribution < -0.4 is 15.0 Å². The summed E-state index contributed by atoms with van der Waals surface area (Å²) in [5.74, 6) is 0.491. The maximum atomic E-state index is 10.8. The quantitative estimate of drug-likeness (QED) is 0.598. The number of non-ortho nitro benzene ring substituents is 1. The van der Waals surface area contributed by atoms with Gasteiger partial charge in [0.05, 0.1) is 18.1 Å². The van der Waals surface area contributed by atoms with Gasteiger partial charge in [-0.25, -0.2) is 0 Å². The fourth-order valence-electron chi connectivity index (χ4n) is 1.42. The number of hydrogen-bond donors (Lipinski definition) is 1. The first-order chi connectivity index (χ1) is 8.08. The van der Waals surface area contributed by atoms with E-state index in [0.717, 1.165) is 18.8 Å². The van der Waals surface area contributed by atoms with Crippen molar-refractivity contribution in [1.82, 2.24) is 5.32 Å². The van der Waals surface area contributed by atoms with E-state index in [1.54, 1.807) is 6.07 Å². The van der Waals surface area contributed by atoms with E-state index in [2.05, 4.69) is 5.32 Å². The molecule has 0 aliphatic rings. The SMILES string of the molecule is CNCCN(C)c1cc(OC)cc([N+](=O)[O-])c1. The van der Waals surface area contributed by atoms with E-state index in [0.29, 0.717) is 5.75 Å². The molecule has 1 aromatic rings. The van der Waals surface area contributed by atoms with Gasteiger partial charge < -0.3 is 15.0 Å². The summed E-state index contributed by atoms with van der Waals surface area (Å²) in [6.07, 6.45) is 0. The highest BCUT2D eigenvalue weighted by molar-refractivity contribution is 5.57. The molecule has 1 N–H and O–H groups in total. The Morgan fingerprint density at radius 2 is 2.18 bits per heavy atom. The van der Waals surface area contributed by atoms with Crippen LogP contribution >= 0.6 is 0 Å². The Kier molecular flexibility index (Phi) is 4.71. The molecule has 0 aliphatic heterocycles. The number of hydrogen-bond acceptors (Lipinski definition) is 5. The van der Waals surface area contributed by atoms with Crippen LogP contribution in [0.2, 0.25) is 0 Å². The fraction of sp³-hybridized carbons (Fsp3) is 0.455. The topological polar surface area (TPSA) is 67.6 Å². The zero-order valence-electron chi connectivity index (χ0n) is 10.3. The third-order valence-corrected chi connectivity index (χ3v) is 2.46. The molecule has 17 heavy (non-hydrogen) atoms. The van der Waals surface area contributed by atoms with Gasteiger partial charge in [0.15, 0.2) is 0 Å². The van der Waals surface area contributed by atoms with Crippen LogP contribution in [0.25, 0.3) is 0 Å². The van der Waals surface area contributed by atoms with Crippen LogP contribution in [0.15, 0.2) is 18.2 Å². The van der Waals surface area contributed by atoms with Gasteiger partial charge in [-0.2, -0.15) is 0 Å². The lowest BCUT2D eigenvalue weighted by atomic mass is 10.2. The summed E-state index contributed by atoms with van der Waals surface area (Å²) < 4.78 is 5.05. The number of nitrogens with one attached hydrogen (secondary N) is 1. The molecular weight excluding hydrogens is 222 g/mol. The van der Waals surface area contributed by atoms with Crippen LogP contribution in [0.1, 0.15) is 0 Å². The van der Waals surface area contributed by atoms with Crippen LogP contribution in [0.4, 0.5) is 11.4 Å². The number of nitro groups is 1. The number of ether oxygens (including phenoxy) is 1. The van der Waals surface area contributed by atoms with Crippen molar-refractivity contribution in [2.75, 3.05) is 39.2 Å². The van der Waals surface area contributed by atoms with Crippen molar-refractivity contribution in [2.24, 2.45) is 0 Å². The Morgan fingerprint density at radius 3 is 2.71 bits per heavy atom. The molecule has 0 spiro atoms. The molecule has 0 aliphatic carbocycles. The second-order valence-electron chi connectivity index (χ2n) is 3.67. The molecule has 0 saturated carbocycles. The third kappa shape index (κ3) is 3.60. The number of benzene rings is 1. The maximum absolute atomic E-state index is 10.8. The summed E-state index contributed by atoms with van der Waals surface area (Å²) in [6, 6.07) is 4.73. The van der Waals surface area contributed by atoms with E-state index in [4.69, 9.17) is 4.74 Å². The van der Waals surface area contributed by atoms with Crippen molar-refractivity contribution in [3.63, 3.8) is 0 Å². The van der Waals surface area contributed by atoms with Crippen LogP contribution in [-0.4, -0.2) is 39.2 Å². The van der Waals surface area contributed by atoms with Gasteiger partial charge in [0, 0.05) is 38.0 Å². The summed E-state index contributed by atoms with van der Waals surface area (Å²) in [5.41, 5.74) is 0.807. The molecule has 1 aromatic carbocycles. The molecule has 6 nitrogen and oxygen atoms in total. The van der Waals surface area contributed by atoms with Gasteiger partial charge in [-0.3, -0.25) is 10.1 Å². The molecule has 0 aromatic heterocycles. The molecular formula is C11H17N3O3. The highest BCUT2D eigenvalue weighted by Crippen LogP contribution is 2.27. The molecule has 0 saturated heterocycles.